The zero-order chi connectivity index (χ0) is 7.70. The number of halogens is 3. The fraction of sp³-hybridized carbons (Fsp3) is 1.00. The Morgan fingerprint density at radius 2 is 1.44 bits per heavy atom. The van der Waals surface area contributed by atoms with Crippen molar-refractivity contribution in [2.75, 3.05) is 13.2 Å². The molecule has 0 saturated heterocycles. The van der Waals surface area contributed by atoms with Crippen LogP contribution in [0.4, 0.5) is 0 Å². The first-order chi connectivity index (χ1) is 4.22. The molecular weight excluding hydrogens is 465 g/mol. The van der Waals surface area contributed by atoms with Crippen LogP contribution >= 0.6 is 50.5 Å². The minimum atomic E-state index is -0.954. The number of hydrogen-bond acceptors (Lipinski definition) is 3. The normalized spacial score (nSPS) is 9.11. The molecule has 6 heteroatoms. The van der Waals surface area contributed by atoms with Gasteiger partial charge in [0.2, 0.25) is 0 Å². The first-order valence-electron chi connectivity index (χ1n) is 2.02. The average Bonchev–Trinajstić information content (AvgIpc) is 1.88. The van der Waals surface area contributed by atoms with Crippen LogP contribution in [0.25, 0.3) is 0 Å². The molecule has 0 amide bonds. The van der Waals surface area contributed by atoms with E-state index in [1.54, 1.807) is 0 Å². The van der Waals surface area contributed by atoms with Crippen LogP contribution in [0.3, 0.4) is 0 Å². The topological polar surface area (TPSA) is 60.7 Å². The maximum atomic E-state index is 8.17. The molecule has 0 rings (SSSR count). The Bertz CT molecular complexity index is 41.3. The molecule has 0 aliphatic rings. The molecule has 60 valence electrons. The van der Waals surface area contributed by atoms with Crippen molar-refractivity contribution in [1.82, 2.24) is 0 Å². The summed E-state index contributed by atoms with van der Waals surface area (Å²) >= 11 is 5.22. The van der Waals surface area contributed by atoms with E-state index in [0.717, 1.165) is 0 Å². The maximum Gasteiger partial charge on any atom is 0.100 e. The van der Waals surface area contributed by atoms with Gasteiger partial charge in [0, 0.05) is 0 Å². The van der Waals surface area contributed by atoms with Crippen molar-refractivity contribution in [3.05, 3.63) is 0 Å². The first-order valence-corrected chi connectivity index (χ1v) is 15.6. The number of hydrogen-bond donors (Lipinski definition) is 3. The Balaban J connectivity index is 0. The molecule has 0 heterocycles. The van der Waals surface area contributed by atoms with Gasteiger partial charge in [0.15, 0.2) is 0 Å². The number of aliphatic hydroxyl groups excluding tert-OH is 3. The molecule has 0 bridgehead atoms. The van der Waals surface area contributed by atoms with Crippen molar-refractivity contribution >= 4 is 50.5 Å². The van der Waals surface area contributed by atoms with Gasteiger partial charge >= 0.3 is 50.5 Å². The van der Waals surface area contributed by atoms with E-state index in [1.807, 2.05) is 0 Å². The van der Waals surface area contributed by atoms with E-state index in [1.165, 1.54) is 0 Å². The van der Waals surface area contributed by atoms with Crippen molar-refractivity contribution in [3.63, 3.8) is 0 Å². The van der Waals surface area contributed by atoms with Crippen molar-refractivity contribution < 1.29 is 15.3 Å². The van der Waals surface area contributed by atoms with Crippen LogP contribution in [0.2, 0.25) is 0 Å². The third-order valence-electron chi connectivity index (χ3n) is 0.421. The SMILES string of the molecule is I[IH]I.OCC(O)CO. The quantitative estimate of drug-likeness (QED) is 0.518. The molecule has 9 heavy (non-hydrogen) atoms. The van der Waals surface area contributed by atoms with Gasteiger partial charge in [-0.25, -0.2) is 0 Å². The van der Waals surface area contributed by atoms with Gasteiger partial charge in [-0.3, -0.25) is 0 Å². The smallest absolute Gasteiger partial charge is 0.100 e. The Morgan fingerprint density at radius 1 is 1.22 bits per heavy atom. The van der Waals surface area contributed by atoms with Crippen LogP contribution in [0, 0.1) is 0 Å². The van der Waals surface area contributed by atoms with Crippen LogP contribution in [0.15, 0.2) is 0 Å². The van der Waals surface area contributed by atoms with Gasteiger partial charge in [-0.1, -0.05) is 0 Å². The average molecular weight is 474 g/mol. The summed E-state index contributed by atoms with van der Waals surface area (Å²) in [7, 11) is 0. The predicted octanol–water partition coefficient (Wildman–Crippen LogP) is 0.721. The standard InChI is InChI=1S/C3H8O3.HI3/c4-1-3(6)2-5;1-3-2/h3-6H,1-2H2;3H. The summed E-state index contributed by atoms with van der Waals surface area (Å²) in [6.45, 7) is -0.729. The van der Waals surface area contributed by atoms with Gasteiger partial charge in [-0.05, 0) is 0 Å². The van der Waals surface area contributed by atoms with Gasteiger partial charge in [0.1, 0.15) is 6.10 Å². The zero-order valence-electron chi connectivity index (χ0n) is 4.50. The summed E-state index contributed by atoms with van der Waals surface area (Å²) in [5, 5.41) is 24.0. The Labute approximate surface area is 83.8 Å². The molecule has 0 aromatic rings. The van der Waals surface area contributed by atoms with Crippen molar-refractivity contribution in [3.8, 4) is 0 Å². The van der Waals surface area contributed by atoms with E-state index in [-0.39, 0.29) is 13.2 Å². The summed E-state index contributed by atoms with van der Waals surface area (Å²) in [4.78, 5) is 0. The van der Waals surface area contributed by atoms with Crippen molar-refractivity contribution in [2.24, 2.45) is 0 Å². The van der Waals surface area contributed by atoms with E-state index < -0.39 is 6.10 Å². The molecule has 0 aliphatic heterocycles. The second-order valence-electron chi connectivity index (χ2n) is 1.08. The summed E-state index contributed by atoms with van der Waals surface area (Å²) < 4.78 is 0. The van der Waals surface area contributed by atoms with E-state index in [0.29, 0.717) is 13.3 Å². The zero-order valence-corrected chi connectivity index (χ0v) is 11.1. The molecule has 0 unspecified atom stereocenters. The van der Waals surface area contributed by atoms with Gasteiger partial charge < -0.3 is 15.3 Å². The largest absolute Gasteiger partial charge is 0.394 e. The molecule has 3 N–H and O–H groups in total. The second kappa shape index (κ2) is 12.7. The third-order valence-corrected chi connectivity index (χ3v) is 0.421. The monoisotopic (exact) mass is 474 g/mol. The molecule has 0 aromatic carbocycles. The Hall–Kier alpha value is 2.07. The summed E-state index contributed by atoms with van der Waals surface area (Å²) in [5.41, 5.74) is 0. The fourth-order valence-electron chi connectivity index (χ4n) is 0.0577. The second-order valence-corrected chi connectivity index (χ2v) is 18.6. The molecule has 0 aromatic heterocycles. The van der Waals surface area contributed by atoms with Crippen molar-refractivity contribution in [1.29, 1.82) is 0 Å². The van der Waals surface area contributed by atoms with Crippen LogP contribution < -0.4 is 0 Å². The predicted molar refractivity (Wildman–Crippen MR) is 63.6 cm³/mol. The van der Waals surface area contributed by atoms with Gasteiger partial charge in [0.25, 0.3) is 0 Å². The molecular formula is C3H9I3O3. The first kappa shape index (κ1) is 13.6. The van der Waals surface area contributed by atoms with Crippen LogP contribution in [0.1, 0.15) is 0 Å². The van der Waals surface area contributed by atoms with Gasteiger partial charge in [0.05, 0.1) is 13.2 Å². The van der Waals surface area contributed by atoms with Gasteiger partial charge in [-0.2, -0.15) is 0 Å². The maximum absolute atomic E-state index is 8.17. The van der Waals surface area contributed by atoms with Crippen LogP contribution in [-0.2, 0) is 0 Å². The molecule has 0 saturated carbocycles. The van der Waals surface area contributed by atoms with E-state index in [9.17, 15) is 0 Å². The molecule has 0 spiro atoms. The minimum absolute atomic E-state index is 0.365. The molecule has 0 atom stereocenters. The van der Waals surface area contributed by atoms with Gasteiger partial charge in [-0.15, -0.1) is 0 Å². The molecule has 0 radical (unpaired) electrons. The minimum Gasteiger partial charge on any atom is -0.394 e. The summed E-state index contributed by atoms with van der Waals surface area (Å²) in [6, 6.07) is 0. The number of rotatable bonds is 2. The number of aliphatic hydroxyl groups is 3. The fourth-order valence-corrected chi connectivity index (χ4v) is 0.0577. The van der Waals surface area contributed by atoms with E-state index in [2.05, 4.69) is 37.2 Å². The Kier molecular flexibility index (Phi) is 19.3. The van der Waals surface area contributed by atoms with E-state index in [4.69, 9.17) is 15.3 Å². The van der Waals surface area contributed by atoms with Crippen LogP contribution in [0.5, 0.6) is 0 Å². The van der Waals surface area contributed by atoms with Crippen LogP contribution in [-0.4, -0.2) is 34.6 Å². The Morgan fingerprint density at radius 3 is 1.44 bits per heavy atom. The summed E-state index contributed by atoms with van der Waals surface area (Å²) in [5.74, 6) is 0. The molecule has 3 nitrogen and oxygen atoms in total. The third kappa shape index (κ3) is 17.8. The van der Waals surface area contributed by atoms with Crippen molar-refractivity contribution in [2.45, 2.75) is 6.10 Å². The molecule has 0 aliphatic carbocycles. The van der Waals surface area contributed by atoms with E-state index >= 15 is 0 Å². The molecule has 0 fully saturated rings. The summed E-state index contributed by atoms with van der Waals surface area (Å²) in [6.07, 6.45) is -0.954.